The number of carboxylic acid groups (broad SMARTS) is 1. The maximum absolute atomic E-state index is 12.5. The Balaban J connectivity index is 0.000000509. The van der Waals surface area contributed by atoms with Crippen molar-refractivity contribution in [3.63, 3.8) is 0 Å². The Hall–Kier alpha value is -3.28. The van der Waals surface area contributed by atoms with E-state index in [4.69, 9.17) is 23.9 Å². The van der Waals surface area contributed by atoms with Gasteiger partial charge in [-0.25, -0.2) is 4.79 Å². The van der Waals surface area contributed by atoms with Crippen LogP contribution in [0.25, 0.3) is 0 Å². The largest absolute Gasteiger partial charge is 0.493 e. The Labute approximate surface area is 194 Å². The number of nitrogens with zero attached hydrogens (tertiary/aromatic N) is 2. The summed E-state index contributed by atoms with van der Waals surface area (Å²) in [5.41, 5.74) is 1.39. The Kier molecular flexibility index (Phi) is 9.72. The van der Waals surface area contributed by atoms with E-state index in [2.05, 4.69) is 22.4 Å². The molecule has 2 N–H and O–H groups in total. The average Bonchev–Trinajstić information content (AvgIpc) is 3.27. The summed E-state index contributed by atoms with van der Waals surface area (Å²) in [6, 6.07) is 7.09. The Morgan fingerprint density at radius 1 is 1.24 bits per heavy atom. The number of benzene rings is 1. The molecule has 0 aliphatic carbocycles. The van der Waals surface area contributed by atoms with E-state index in [-0.39, 0.29) is 12.0 Å². The molecule has 34 heavy (non-hydrogen) atoms. The third-order valence-electron chi connectivity index (χ3n) is 5.02. The molecule has 0 atom stereocenters. The number of nitrogens with one attached hydrogen (secondary N) is 1. The monoisotopic (exact) mass is 487 g/mol. The standard InChI is InChI=1S/C20H27N3O4.C2HF3O2/c1-4-15-12-17(27-22-15)13-21-20(24)14-5-6-18(25-3)19(11-14)26-16-7-9-23(2)10-8-16;3-2(4,5)1(6)7/h5-6,11-12,16H,4,7-10,13H2,1-3H3,(H,21,24);(H,6,7). The average molecular weight is 487 g/mol. The van der Waals surface area contributed by atoms with Crippen LogP contribution in [0.15, 0.2) is 28.8 Å². The van der Waals surface area contributed by atoms with Crippen molar-refractivity contribution in [2.24, 2.45) is 0 Å². The van der Waals surface area contributed by atoms with E-state index < -0.39 is 12.1 Å². The lowest BCUT2D eigenvalue weighted by Gasteiger charge is -2.29. The van der Waals surface area contributed by atoms with E-state index in [1.54, 1.807) is 25.3 Å². The first kappa shape index (κ1) is 27.0. The smallest absolute Gasteiger partial charge is 0.490 e. The van der Waals surface area contributed by atoms with Gasteiger partial charge in [0.1, 0.15) is 6.10 Å². The van der Waals surface area contributed by atoms with Crippen LogP contribution >= 0.6 is 0 Å². The number of rotatable bonds is 7. The highest BCUT2D eigenvalue weighted by Crippen LogP contribution is 2.30. The first-order valence-corrected chi connectivity index (χ1v) is 10.6. The molecule has 1 aromatic carbocycles. The third kappa shape index (κ3) is 8.25. The zero-order chi connectivity index (χ0) is 25.3. The zero-order valence-electron chi connectivity index (χ0n) is 19.1. The molecule has 1 aliphatic rings. The SMILES string of the molecule is CCc1cc(CNC(=O)c2ccc(OC)c(OC3CCN(C)CC3)c2)on1.O=C(O)C(F)(F)F. The number of piperidine rings is 1. The second-order valence-corrected chi connectivity index (χ2v) is 7.61. The maximum Gasteiger partial charge on any atom is 0.490 e. The van der Waals surface area contributed by atoms with Crippen LogP contribution < -0.4 is 14.8 Å². The van der Waals surface area contributed by atoms with Crippen molar-refractivity contribution in [1.82, 2.24) is 15.4 Å². The molecule has 1 saturated heterocycles. The van der Waals surface area contributed by atoms with Gasteiger partial charge in [0.15, 0.2) is 17.3 Å². The molecule has 188 valence electrons. The van der Waals surface area contributed by atoms with Gasteiger partial charge in [0.25, 0.3) is 5.91 Å². The van der Waals surface area contributed by atoms with Crippen molar-refractivity contribution < 1.29 is 41.9 Å². The van der Waals surface area contributed by atoms with Gasteiger partial charge < -0.3 is 29.3 Å². The minimum atomic E-state index is -5.08. The quantitative estimate of drug-likeness (QED) is 0.612. The van der Waals surface area contributed by atoms with Crippen LogP contribution in [0.5, 0.6) is 11.5 Å². The van der Waals surface area contributed by atoms with Crippen LogP contribution in [0, 0.1) is 0 Å². The Morgan fingerprint density at radius 3 is 2.41 bits per heavy atom. The van der Waals surface area contributed by atoms with Gasteiger partial charge in [-0.3, -0.25) is 4.79 Å². The molecule has 0 radical (unpaired) electrons. The van der Waals surface area contributed by atoms with E-state index >= 15 is 0 Å². The van der Waals surface area contributed by atoms with Gasteiger partial charge in [-0.05, 0) is 44.5 Å². The van der Waals surface area contributed by atoms with Crippen molar-refractivity contribution in [1.29, 1.82) is 0 Å². The summed E-state index contributed by atoms with van der Waals surface area (Å²) in [5, 5.41) is 13.9. The molecule has 0 saturated carbocycles. The summed E-state index contributed by atoms with van der Waals surface area (Å²) in [6.45, 7) is 4.31. The van der Waals surface area contributed by atoms with Gasteiger partial charge in [0.05, 0.1) is 19.3 Å². The number of hydrogen-bond donors (Lipinski definition) is 2. The van der Waals surface area contributed by atoms with Crippen molar-refractivity contribution in [2.45, 2.75) is 45.0 Å². The van der Waals surface area contributed by atoms with E-state index in [1.807, 2.05) is 13.0 Å². The number of hydrogen-bond acceptors (Lipinski definition) is 7. The van der Waals surface area contributed by atoms with Gasteiger partial charge in [-0.1, -0.05) is 12.1 Å². The zero-order valence-corrected chi connectivity index (χ0v) is 19.1. The first-order chi connectivity index (χ1) is 16.0. The Bertz CT molecular complexity index is 956. The molecule has 9 nitrogen and oxygen atoms in total. The van der Waals surface area contributed by atoms with Crippen LogP contribution in [0.4, 0.5) is 13.2 Å². The molecule has 1 amide bonds. The number of ether oxygens (including phenoxy) is 2. The minimum Gasteiger partial charge on any atom is -0.493 e. The molecule has 0 unspecified atom stereocenters. The molecular formula is C22H28F3N3O6. The lowest BCUT2D eigenvalue weighted by molar-refractivity contribution is -0.192. The lowest BCUT2D eigenvalue weighted by atomic mass is 10.1. The second-order valence-electron chi connectivity index (χ2n) is 7.61. The van der Waals surface area contributed by atoms with Gasteiger partial charge in [0, 0.05) is 24.7 Å². The van der Waals surface area contributed by atoms with Gasteiger partial charge in [0.2, 0.25) is 0 Å². The van der Waals surface area contributed by atoms with Crippen LogP contribution in [-0.4, -0.2) is 66.6 Å². The summed E-state index contributed by atoms with van der Waals surface area (Å²) < 4.78 is 48.5. The summed E-state index contributed by atoms with van der Waals surface area (Å²) in [4.78, 5) is 23.7. The third-order valence-corrected chi connectivity index (χ3v) is 5.02. The normalized spacial score (nSPS) is 14.6. The first-order valence-electron chi connectivity index (χ1n) is 10.6. The van der Waals surface area contributed by atoms with E-state index in [1.165, 1.54) is 0 Å². The van der Waals surface area contributed by atoms with Crippen molar-refractivity contribution in [3.05, 3.63) is 41.3 Å². The highest BCUT2D eigenvalue weighted by Gasteiger charge is 2.38. The van der Waals surface area contributed by atoms with Gasteiger partial charge in [-0.2, -0.15) is 13.2 Å². The van der Waals surface area contributed by atoms with Crippen LogP contribution in [-0.2, 0) is 17.8 Å². The highest BCUT2D eigenvalue weighted by molar-refractivity contribution is 5.94. The van der Waals surface area contributed by atoms with Crippen molar-refractivity contribution >= 4 is 11.9 Å². The topological polar surface area (TPSA) is 114 Å². The number of aryl methyl sites for hydroxylation is 1. The summed E-state index contributed by atoms with van der Waals surface area (Å²) in [5.74, 6) is -1.08. The lowest BCUT2D eigenvalue weighted by Crippen LogP contribution is -2.35. The van der Waals surface area contributed by atoms with Crippen LogP contribution in [0.3, 0.4) is 0 Å². The van der Waals surface area contributed by atoms with Crippen LogP contribution in [0.2, 0.25) is 0 Å². The number of aliphatic carboxylic acids is 1. The summed E-state index contributed by atoms with van der Waals surface area (Å²) in [7, 11) is 3.71. The fourth-order valence-corrected chi connectivity index (χ4v) is 3.07. The molecule has 0 spiro atoms. The molecular weight excluding hydrogens is 459 g/mol. The molecule has 1 aliphatic heterocycles. The van der Waals surface area contributed by atoms with Crippen molar-refractivity contribution in [3.8, 4) is 11.5 Å². The molecule has 3 rings (SSSR count). The molecule has 2 aromatic rings. The molecule has 2 heterocycles. The number of halogens is 3. The van der Waals surface area contributed by atoms with E-state index in [9.17, 15) is 18.0 Å². The molecule has 1 aromatic heterocycles. The van der Waals surface area contributed by atoms with Crippen LogP contribution in [0.1, 0.15) is 41.6 Å². The number of methoxy groups -OCH3 is 1. The predicted octanol–water partition coefficient (Wildman–Crippen LogP) is 3.28. The van der Waals surface area contributed by atoms with E-state index in [0.717, 1.165) is 38.0 Å². The minimum absolute atomic E-state index is 0.134. The molecule has 1 fully saturated rings. The maximum atomic E-state index is 12.5. The Morgan fingerprint density at radius 2 is 1.88 bits per heavy atom. The number of carbonyl (C=O) groups excluding carboxylic acids is 1. The summed E-state index contributed by atoms with van der Waals surface area (Å²) in [6.07, 6.45) is -2.23. The number of carboxylic acids is 1. The fourth-order valence-electron chi connectivity index (χ4n) is 3.07. The summed E-state index contributed by atoms with van der Waals surface area (Å²) >= 11 is 0. The fraction of sp³-hybridized carbons (Fsp3) is 0.500. The van der Waals surface area contributed by atoms with Crippen molar-refractivity contribution in [2.75, 3.05) is 27.2 Å². The number of aromatic nitrogens is 1. The molecule has 12 heteroatoms. The molecule has 0 bridgehead atoms. The van der Waals surface area contributed by atoms with Gasteiger partial charge in [-0.15, -0.1) is 0 Å². The number of likely N-dealkylation sites (tertiary alicyclic amines) is 1. The number of amides is 1. The van der Waals surface area contributed by atoms with E-state index in [0.29, 0.717) is 29.4 Å². The number of alkyl halides is 3. The number of carbonyl (C=O) groups is 2. The highest BCUT2D eigenvalue weighted by atomic mass is 19.4. The second kappa shape index (κ2) is 12.3. The predicted molar refractivity (Wildman–Crippen MR) is 115 cm³/mol. The van der Waals surface area contributed by atoms with Gasteiger partial charge >= 0.3 is 12.1 Å².